The SMILES string of the molecule is Cc1ccc(NC(=O)C(C)SCC(=O)Nc2ccc(F)cc2)cc1[N+](=O)[O-]. The number of nitrogens with one attached hydrogen (secondary N) is 2. The predicted molar refractivity (Wildman–Crippen MR) is 103 cm³/mol. The average molecular weight is 391 g/mol. The lowest BCUT2D eigenvalue weighted by atomic mass is 10.2. The van der Waals surface area contributed by atoms with E-state index in [-0.39, 0.29) is 23.3 Å². The maximum absolute atomic E-state index is 12.8. The van der Waals surface area contributed by atoms with E-state index in [1.807, 2.05) is 0 Å². The number of aryl methyl sites for hydroxylation is 1. The van der Waals surface area contributed by atoms with E-state index in [9.17, 15) is 24.1 Å². The van der Waals surface area contributed by atoms with Gasteiger partial charge in [0.25, 0.3) is 5.69 Å². The zero-order valence-corrected chi connectivity index (χ0v) is 15.5. The molecular formula is C18H18FN3O4S. The molecule has 2 N–H and O–H groups in total. The van der Waals surface area contributed by atoms with Gasteiger partial charge in [0, 0.05) is 23.0 Å². The van der Waals surface area contributed by atoms with Crippen LogP contribution in [0.2, 0.25) is 0 Å². The Balaban J connectivity index is 1.86. The largest absolute Gasteiger partial charge is 0.325 e. The molecule has 0 bridgehead atoms. The van der Waals surface area contributed by atoms with Gasteiger partial charge in [0.2, 0.25) is 11.8 Å². The van der Waals surface area contributed by atoms with Gasteiger partial charge in [-0.15, -0.1) is 11.8 Å². The third kappa shape index (κ3) is 6.07. The normalized spacial score (nSPS) is 11.5. The van der Waals surface area contributed by atoms with Crippen LogP contribution >= 0.6 is 11.8 Å². The topological polar surface area (TPSA) is 101 Å². The Morgan fingerprint density at radius 2 is 1.78 bits per heavy atom. The number of nitrogens with zero attached hydrogens (tertiary/aromatic N) is 1. The molecule has 0 heterocycles. The van der Waals surface area contributed by atoms with Crippen molar-refractivity contribution >= 4 is 40.6 Å². The first-order valence-electron chi connectivity index (χ1n) is 7.99. The number of benzene rings is 2. The number of nitro benzene ring substituents is 1. The van der Waals surface area contributed by atoms with Gasteiger partial charge in [0.05, 0.1) is 15.9 Å². The first-order chi connectivity index (χ1) is 12.8. The van der Waals surface area contributed by atoms with Crippen LogP contribution < -0.4 is 10.6 Å². The summed E-state index contributed by atoms with van der Waals surface area (Å²) < 4.78 is 12.8. The molecule has 0 fully saturated rings. The van der Waals surface area contributed by atoms with Crippen molar-refractivity contribution in [1.29, 1.82) is 0 Å². The molecule has 0 aliphatic carbocycles. The summed E-state index contributed by atoms with van der Waals surface area (Å²) in [7, 11) is 0. The van der Waals surface area contributed by atoms with Crippen LogP contribution in [0.5, 0.6) is 0 Å². The van der Waals surface area contributed by atoms with E-state index in [0.717, 1.165) is 11.8 Å². The van der Waals surface area contributed by atoms with Crippen LogP contribution in [0.3, 0.4) is 0 Å². The highest BCUT2D eigenvalue weighted by molar-refractivity contribution is 8.01. The van der Waals surface area contributed by atoms with Crippen molar-refractivity contribution in [2.45, 2.75) is 19.1 Å². The molecule has 0 spiro atoms. The Morgan fingerprint density at radius 3 is 2.41 bits per heavy atom. The van der Waals surface area contributed by atoms with Gasteiger partial charge in [-0.1, -0.05) is 6.07 Å². The summed E-state index contributed by atoms with van der Waals surface area (Å²) in [6, 6.07) is 9.79. The van der Waals surface area contributed by atoms with Crippen molar-refractivity contribution < 1.29 is 18.9 Å². The number of thioether (sulfide) groups is 1. The maximum Gasteiger partial charge on any atom is 0.274 e. The number of halogens is 1. The third-order valence-electron chi connectivity index (χ3n) is 3.64. The highest BCUT2D eigenvalue weighted by atomic mass is 32.2. The molecule has 0 aliphatic rings. The predicted octanol–water partition coefficient (Wildman–Crippen LogP) is 3.74. The van der Waals surface area contributed by atoms with Crippen molar-refractivity contribution in [2.24, 2.45) is 0 Å². The van der Waals surface area contributed by atoms with E-state index in [4.69, 9.17) is 0 Å². The van der Waals surface area contributed by atoms with Crippen LogP contribution in [0.1, 0.15) is 12.5 Å². The summed E-state index contributed by atoms with van der Waals surface area (Å²) in [6.45, 7) is 3.25. The number of hydrogen-bond acceptors (Lipinski definition) is 5. The van der Waals surface area contributed by atoms with Crippen molar-refractivity contribution in [3.8, 4) is 0 Å². The lowest BCUT2D eigenvalue weighted by molar-refractivity contribution is -0.385. The molecule has 1 atom stereocenters. The molecule has 1 unspecified atom stereocenters. The van der Waals surface area contributed by atoms with Crippen molar-refractivity contribution in [2.75, 3.05) is 16.4 Å². The van der Waals surface area contributed by atoms with Gasteiger partial charge in [-0.3, -0.25) is 19.7 Å². The van der Waals surface area contributed by atoms with Gasteiger partial charge in [-0.2, -0.15) is 0 Å². The molecule has 9 heteroatoms. The first kappa shape index (κ1) is 20.4. The second-order valence-electron chi connectivity index (χ2n) is 5.76. The fourth-order valence-electron chi connectivity index (χ4n) is 2.13. The summed E-state index contributed by atoms with van der Waals surface area (Å²) in [4.78, 5) is 34.6. The molecule has 0 saturated carbocycles. The molecule has 2 aromatic carbocycles. The quantitative estimate of drug-likeness (QED) is 0.553. The second kappa shape index (κ2) is 9.13. The van der Waals surface area contributed by atoms with Crippen molar-refractivity contribution in [3.05, 3.63) is 64.0 Å². The number of anilines is 2. The average Bonchev–Trinajstić information content (AvgIpc) is 2.63. The van der Waals surface area contributed by atoms with E-state index in [1.165, 1.54) is 30.3 Å². The number of amides is 2. The first-order valence-corrected chi connectivity index (χ1v) is 9.04. The van der Waals surface area contributed by atoms with Crippen molar-refractivity contribution in [1.82, 2.24) is 0 Å². The fraction of sp³-hybridized carbons (Fsp3) is 0.222. The number of carbonyl (C=O) groups is 2. The molecule has 142 valence electrons. The van der Waals surface area contributed by atoms with E-state index >= 15 is 0 Å². The second-order valence-corrected chi connectivity index (χ2v) is 7.09. The summed E-state index contributed by atoms with van der Waals surface area (Å²) >= 11 is 1.12. The number of hydrogen-bond donors (Lipinski definition) is 2. The van der Waals surface area contributed by atoms with Crippen LogP contribution in [-0.4, -0.2) is 27.7 Å². The molecule has 2 rings (SSSR count). The number of carbonyl (C=O) groups excluding carboxylic acids is 2. The third-order valence-corrected chi connectivity index (χ3v) is 4.78. The van der Waals surface area contributed by atoms with Crippen molar-refractivity contribution in [3.63, 3.8) is 0 Å². The minimum atomic E-state index is -0.552. The summed E-state index contributed by atoms with van der Waals surface area (Å²) in [6.07, 6.45) is 0. The minimum Gasteiger partial charge on any atom is -0.325 e. The Bertz CT molecular complexity index is 858. The molecular weight excluding hydrogens is 373 g/mol. The van der Waals surface area contributed by atoms with Gasteiger partial charge >= 0.3 is 0 Å². The molecule has 0 saturated heterocycles. The fourth-order valence-corrected chi connectivity index (χ4v) is 2.82. The van der Waals surface area contributed by atoms with Crippen LogP contribution in [0.25, 0.3) is 0 Å². The smallest absolute Gasteiger partial charge is 0.274 e. The van der Waals surface area contributed by atoms with Gasteiger partial charge in [-0.05, 0) is 44.2 Å². The van der Waals surface area contributed by atoms with Gasteiger partial charge in [0.15, 0.2) is 0 Å². The molecule has 0 aromatic heterocycles. The Labute approximate surface area is 159 Å². The van der Waals surface area contributed by atoms with Crippen LogP contribution in [-0.2, 0) is 9.59 Å². The summed E-state index contributed by atoms with van der Waals surface area (Å²) in [5.74, 6) is -1.06. The lowest BCUT2D eigenvalue weighted by Crippen LogP contribution is -2.25. The monoisotopic (exact) mass is 391 g/mol. The Kier molecular flexibility index (Phi) is 6.89. The zero-order valence-electron chi connectivity index (χ0n) is 14.7. The van der Waals surface area contributed by atoms with Gasteiger partial charge in [0.1, 0.15) is 5.82 Å². The molecule has 0 aliphatic heterocycles. The van der Waals surface area contributed by atoms with Crippen LogP contribution in [0, 0.1) is 22.9 Å². The molecule has 7 nitrogen and oxygen atoms in total. The lowest BCUT2D eigenvalue weighted by Gasteiger charge is -2.12. The standard InChI is InChI=1S/C18H18FN3O4S/c1-11-3-6-15(9-16(11)22(25)26)21-18(24)12(2)27-10-17(23)20-14-7-4-13(19)5-8-14/h3-9,12H,10H2,1-2H3,(H,20,23)(H,21,24). The van der Waals surface area contributed by atoms with E-state index in [2.05, 4.69) is 10.6 Å². The van der Waals surface area contributed by atoms with Gasteiger partial charge < -0.3 is 10.6 Å². The summed E-state index contributed by atoms with van der Waals surface area (Å²) in [5.41, 5.74) is 1.20. The Morgan fingerprint density at radius 1 is 1.15 bits per heavy atom. The highest BCUT2D eigenvalue weighted by Crippen LogP contribution is 2.23. The van der Waals surface area contributed by atoms with Crippen LogP contribution in [0.4, 0.5) is 21.5 Å². The van der Waals surface area contributed by atoms with E-state index in [1.54, 1.807) is 26.0 Å². The van der Waals surface area contributed by atoms with Crippen LogP contribution in [0.15, 0.2) is 42.5 Å². The zero-order chi connectivity index (χ0) is 20.0. The number of rotatable bonds is 7. The minimum absolute atomic E-state index is 0.0278. The summed E-state index contributed by atoms with van der Waals surface area (Å²) in [5, 5.41) is 15.6. The number of nitro groups is 1. The Hall–Kier alpha value is -2.94. The maximum atomic E-state index is 12.8. The van der Waals surface area contributed by atoms with Gasteiger partial charge in [-0.25, -0.2) is 4.39 Å². The molecule has 0 radical (unpaired) electrons. The molecule has 27 heavy (non-hydrogen) atoms. The highest BCUT2D eigenvalue weighted by Gasteiger charge is 2.17. The van der Waals surface area contributed by atoms with E-state index in [0.29, 0.717) is 16.9 Å². The van der Waals surface area contributed by atoms with E-state index < -0.39 is 16.0 Å². The molecule has 2 amide bonds. The molecule has 2 aromatic rings.